The maximum atomic E-state index is 14.1. The molecule has 0 radical (unpaired) electrons. The smallest absolute Gasteiger partial charge is 0.241 e. The van der Waals surface area contributed by atoms with Crippen LogP contribution >= 0.6 is 11.6 Å². The number of imide groups is 1. The van der Waals surface area contributed by atoms with Gasteiger partial charge in [0.05, 0.1) is 16.5 Å². The first kappa shape index (κ1) is 21.1. The summed E-state index contributed by atoms with van der Waals surface area (Å²) >= 11 is 6.07. The maximum absolute atomic E-state index is 14.1. The minimum Gasteiger partial charge on any atom is -0.273 e. The lowest BCUT2D eigenvalue weighted by atomic mass is 9.61. The summed E-state index contributed by atoms with van der Waals surface area (Å²) in [4.78, 5) is 29.6. The lowest BCUT2D eigenvalue weighted by molar-refractivity contribution is -0.132. The molecular weight excluding hydrogens is 442 g/mol. The van der Waals surface area contributed by atoms with Crippen molar-refractivity contribution in [1.82, 2.24) is 0 Å². The summed E-state index contributed by atoms with van der Waals surface area (Å²) in [6.07, 6.45) is 6.52. The molecule has 0 aromatic heterocycles. The highest BCUT2D eigenvalue weighted by Crippen LogP contribution is 2.67. The fourth-order valence-corrected chi connectivity index (χ4v) is 6.40. The number of carbonyl (C=O) groups is 2. The standard InChI is InChI=1S/C30H24ClNO2/c31-24-13-15-25(16-14-24)32-27(33)29-17-7-8-18-30(29,28(32)34)20-23(19-29)26(21-9-3-1-4-10-21)22-11-5-2-6-12-22/h1-16H,17-20H2/t29-,30+. The molecule has 1 aliphatic heterocycles. The molecule has 1 heterocycles. The Morgan fingerprint density at radius 3 is 1.62 bits per heavy atom. The fourth-order valence-electron chi connectivity index (χ4n) is 6.28. The summed E-state index contributed by atoms with van der Waals surface area (Å²) in [5.74, 6) is -0.167. The Hall–Kier alpha value is -3.43. The highest BCUT2D eigenvalue weighted by molar-refractivity contribution is 6.31. The van der Waals surface area contributed by atoms with Crippen LogP contribution in [0.1, 0.15) is 36.8 Å². The largest absolute Gasteiger partial charge is 0.273 e. The molecule has 1 saturated carbocycles. The number of benzene rings is 3. The van der Waals surface area contributed by atoms with Crippen molar-refractivity contribution >= 4 is 34.7 Å². The average Bonchev–Trinajstić information content (AvgIpc) is 3.31. The second-order valence-electron chi connectivity index (χ2n) is 9.53. The van der Waals surface area contributed by atoms with Crippen LogP contribution < -0.4 is 4.90 Å². The van der Waals surface area contributed by atoms with Gasteiger partial charge in [-0.3, -0.25) is 9.59 Å². The monoisotopic (exact) mass is 465 g/mol. The van der Waals surface area contributed by atoms with Gasteiger partial charge in [-0.1, -0.05) is 90.0 Å². The molecule has 168 valence electrons. The molecule has 3 aliphatic rings. The van der Waals surface area contributed by atoms with Crippen LogP contribution in [0.15, 0.2) is 103 Å². The van der Waals surface area contributed by atoms with Gasteiger partial charge < -0.3 is 0 Å². The molecule has 2 amide bonds. The van der Waals surface area contributed by atoms with Gasteiger partial charge in [0, 0.05) is 5.02 Å². The van der Waals surface area contributed by atoms with Crippen molar-refractivity contribution in [3.63, 3.8) is 0 Å². The maximum Gasteiger partial charge on any atom is 0.241 e. The van der Waals surface area contributed by atoms with E-state index in [0.29, 0.717) is 36.4 Å². The number of rotatable bonds is 3. The van der Waals surface area contributed by atoms with E-state index in [-0.39, 0.29) is 11.8 Å². The van der Waals surface area contributed by atoms with Crippen molar-refractivity contribution in [3.8, 4) is 0 Å². The van der Waals surface area contributed by atoms with Gasteiger partial charge in [0.1, 0.15) is 0 Å². The molecule has 2 aliphatic carbocycles. The Morgan fingerprint density at radius 2 is 1.15 bits per heavy atom. The number of nitrogens with zero attached hydrogens (tertiary/aromatic N) is 1. The van der Waals surface area contributed by atoms with Gasteiger partial charge >= 0.3 is 0 Å². The van der Waals surface area contributed by atoms with Crippen LogP contribution in [0.3, 0.4) is 0 Å². The van der Waals surface area contributed by atoms with Gasteiger partial charge in [0.15, 0.2) is 0 Å². The van der Waals surface area contributed by atoms with Crippen molar-refractivity contribution in [2.24, 2.45) is 10.8 Å². The molecule has 4 heteroatoms. The third-order valence-corrected chi connectivity index (χ3v) is 8.09. The highest BCUT2D eigenvalue weighted by Gasteiger charge is 2.72. The number of carbonyl (C=O) groups excluding carboxylic acids is 2. The Balaban J connectivity index is 1.52. The zero-order chi connectivity index (χ0) is 23.3. The average molecular weight is 466 g/mol. The summed E-state index contributed by atoms with van der Waals surface area (Å²) in [6, 6.07) is 27.6. The Kier molecular flexibility index (Phi) is 4.86. The zero-order valence-corrected chi connectivity index (χ0v) is 19.5. The summed E-state index contributed by atoms with van der Waals surface area (Å²) in [5.41, 5.74) is 3.69. The van der Waals surface area contributed by atoms with E-state index in [0.717, 1.165) is 16.7 Å². The molecule has 2 fully saturated rings. The quantitative estimate of drug-likeness (QED) is 0.314. The summed E-state index contributed by atoms with van der Waals surface area (Å²) in [7, 11) is 0. The van der Waals surface area contributed by atoms with Crippen LogP contribution in [0.5, 0.6) is 0 Å². The Morgan fingerprint density at radius 1 is 0.676 bits per heavy atom. The van der Waals surface area contributed by atoms with Crippen molar-refractivity contribution in [3.05, 3.63) is 119 Å². The first-order chi connectivity index (χ1) is 16.6. The van der Waals surface area contributed by atoms with E-state index < -0.39 is 10.8 Å². The third-order valence-electron chi connectivity index (χ3n) is 7.83. The van der Waals surface area contributed by atoms with Gasteiger partial charge in [0.2, 0.25) is 11.8 Å². The lowest BCUT2D eigenvalue weighted by Crippen LogP contribution is -2.41. The van der Waals surface area contributed by atoms with Gasteiger partial charge in [-0.2, -0.15) is 0 Å². The number of amides is 2. The molecule has 0 bridgehead atoms. The molecule has 3 aromatic rings. The van der Waals surface area contributed by atoms with E-state index >= 15 is 0 Å². The second kappa shape index (κ2) is 7.82. The molecule has 3 aromatic carbocycles. The van der Waals surface area contributed by atoms with Crippen molar-refractivity contribution in [2.75, 3.05) is 4.90 Å². The minimum absolute atomic E-state index is 0.0837. The summed E-state index contributed by atoms with van der Waals surface area (Å²) in [6.45, 7) is 0. The Bertz CT molecular complexity index is 1260. The molecule has 6 rings (SSSR count). The SMILES string of the molecule is O=C1N(c2ccc(Cl)cc2)C(=O)[C@]23CC=CC[C@]12CC(=C(c1ccccc1)c1ccccc1)C3. The third kappa shape index (κ3) is 2.90. The second-order valence-corrected chi connectivity index (χ2v) is 9.97. The number of halogens is 1. The predicted octanol–water partition coefficient (Wildman–Crippen LogP) is 6.83. The van der Waals surface area contributed by atoms with Crippen LogP contribution in [0.2, 0.25) is 5.02 Å². The van der Waals surface area contributed by atoms with E-state index in [4.69, 9.17) is 11.6 Å². The molecule has 2 atom stereocenters. The summed E-state index contributed by atoms with van der Waals surface area (Å²) < 4.78 is 0. The van der Waals surface area contributed by atoms with E-state index in [1.165, 1.54) is 10.5 Å². The molecule has 0 N–H and O–H groups in total. The number of hydrogen-bond donors (Lipinski definition) is 0. The van der Waals surface area contributed by atoms with E-state index in [9.17, 15) is 9.59 Å². The van der Waals surface area contributed by atoms with Crippen molar-refractivity contribution < 1.29 is 9.59 Å². The predicted molar refractivity (Wildman–Crippen MR) is 135 cm³/mol. The molecular formula is C30H24ClNO2. The van der Waals surface area contributed by atoms with Crippen LogP contribution in [0.25, 0.3) is 5.57 Å². The molecule has 34 heavy (non-hydrogen) atoms. The van der Waals surface area contributed by atoms with Crippen LogP contribution in [-0.2, 0) is 9.59 Å². The minimum atomic E-state index is -0.747. The number of hydrogen-bond acceptors (Lipinski definition) is 2. The summed E-state index contributed by atoms with van der Waals surface area (Å²) in [5, 5.41) is 0.582. The van der Waals surface area contributed by atoms with Crippen LogP contribution in [0, 0.1) is 10.8 Å². The van der Waals surface area contributed by atoms with Gasteiger partial charge in [-0.05, 0) is 66.6 Å². The topological polar surface area (TPSA) is 37.4 Å². The van der Waals surface area contributed by atoms with Gasteiger partial charge in [-0.15, -0.1) is 0 Å². The molecule has 3 nitrogen and oxygen atoms in total. The fraction of sp³-hybridized carbons (Fsp3) is 0.200. The van der Waals surface area contributed by atoms with E-state index in [1.807, 2.05) is 36.4 Å². The van der Waals surface area contributed by atoms with Gasteiger partial charge in [0.25, 0.3) is 0 Å². The molecule has 0 unspecified atom stereocenters. The van der Waals surface area contributed by atoms with E-state index in [2.05, 4.69) is 36.4 Å². The number of allylic oxidation sites excluding steroid dienone is 3. The first-order valence-corrected chi connectivity index (χ1v) is 12.1. The molecule has 0 spiro atoms. The van der Waals surface area contributed by atoms with Crippen molar-refractivity contribution in [2.45, 2.75) is 25.7 Å². The van der Waals surface area contributed by atoms with Gasteiger partial charge in [-0.25, -0.2) is 4.90 Å². The number of anilines is 1. The normalized spacial score (nSPS) is 25.4. The Labute approximate surface area is 204 Å². The van der Waals surface area contributed by atoms with Crippen molar-refractivity contribution in [1.29, 1.82) is 0 Å². The molecule has 1 saturated heterocycles. The van der Waals surface area contributed by atoms with Crippen LogP contribution in [0.4, 0.5) is 5.69 Å². The zero-order valence-electron chi connectivity index (χ0n) is 18.7. The first-order valence-electron chi connectivity index (χ1n) is 11.7. The van der Waals surface area contributed by atoms with E-state index in [1.54, 1.807) is 24.3 Å². The highest BCUT2D eigenvalue weighted by atomic mass is 35.5. The van der Waals surface area contributed by atoms with Crippen LogP contribution in [-0.4, -0.2) is 11.8 Å². The lowest BCUT2D eigenvalue weighted by Gasteiger charge is -2.36.